The molecule has 1 unspecified atom stereocenters. The molecule has 0 heterocycles. The number of carbonyl (C=O) groups is 3. The highest BCUT2D eigenvalue weighted by Gasteiger charge is 2.22. The maximum atomic E-state index is 11.5. The Kier molecular flexibility index (Phi) is 6.14. The number of carbonyl (C=O) groups excluding carboxylic acids is 3. The van der Waals surface area contributed by atoms with Crippen LogP contribution in [0.5, 0.6) is 0 Å². The number of hydrogen-bond donors (Lipinski definition) is 1. The van der Waals surface area contributed by atoms with E-state index in [2.05, 4.69) is 10.1 Å². The van der Waals surface area contributed by atoms with Gasteiger partial charge in [0.05, 0.1) is 6.61 Å². The van der Waals surface area contributed by atoms with Gasteiger partial charge in [-0.1, -0.05) is 0 Å². The average molecular weight is 230 g/mol. The Hall–Kier alpha value is -1.59. The van der Waals surface area contributed by atoms with Crippen LogP contribution in [-0.2, 0) is 19.1 Å². The molecule has 0 saturated heterocycles. The number of ether oxygens (including phenoxy) is 1. The maximum absolute atomic E-state index is 11.5. The predicted molar refractivity (Wildman–Crippen MR) is 57.5 cm³/mol. The smallest absolute Gasteiger partial charge is 0.396 e. The van der Waals surface area contributed by atoms with E-state index in [1.54, 1.807) is 14.0 Å². The highest BCUT2D eigenvalue weighted by atomic mass is 16.5. The number of likely N-dealkylation sites (N-methyl/N-ethyl adjacent to an activating group) is 1. The second-order valence-corrected chi connectivity index (χ2v) is 3.27. The SMILES string of the molecule is CCOC(=O)C(=O)NC(C)C(=O)N(C)CC. The molecule has 0 aliphatic rings. The second kappa shape index (κ2) is 6.81. The van der Waals surface area contributed by atoms with Crippen LogP contribution in [0.25, 0.3) is 0 Å². The van der Waals surface area contributed by atoms with E-state index in [1.807, 2.05) is 6.92 Å². The van der Waals surface area contributed by atoms with Gasteiger partial charge in [0.25, 0.3) is 0 Å². The van der Waals surface area contributed by atoms with Crippen LogP contribution >= 0.6 is 0 Å². The van der Waals surface area contributed by atoms with Crippen molar-refractivity contribution in [3.05, 3.63) is 0 Å². The fourth-order valence-corrected chi connectivity index (χ4v) is 1.00. The number of hydrogen-bond acceptors (Lipinski definition) is 4. The number of nitrogens with one attached hydrogen (secondary N) is 1. The van der Waals surface area contributed by atoms with Crippen LogP contribution in [0.3, 0.4) is 0 Å². The van der Waals surface area contributed by atoms with Gasteiger partial charge in [0.2, 0.25) is 5.91 Å². The maximum Gasteiger partial charge on any atom is 0.396 e. The molecule has 0 fully saturated rings. The van der Waals surface area contributed by atoms with Gasteiger partial charge < -0.3 is 15.0 Å². The van der Waals surface area contributed by atoms with Gasteiger partial charge in [-0.2, -0.15) is 0 Å². The van der Waals surface area contributed by atoms with Gasteiger partial charge in [0.15, 0.2) is 0 Å². The van der Waals surface area contributed by atoms with Crippen molar-refractivity contribution < 1.29 is 19.1 Å². The minimum absolute atomic E-state index is 0.128. The lowest BCUT2D eigenvalue weighted by Crippen LogP contribution is -2.47. The number of esters is 1. The first kappa shape index (κ1) is 14.4. The van der Waals surface area contributed by atoms with Crippen molar-refractivity contribution in [3.63, 3.8) is 0 Å². The van der Waals surface area contributed by atoms with Gasteiger partial charge >= 0.3 is 11.9 Å². The van der Waals surface area contributed by atoms with Crippen LogP contribution in [0.15, 0.2) is 0 Å². The van der Waals surface area contributed by atoms with Crippen molar-refractivity contribution in [1.29, 1.82) is 0 Å². The molecule has 0 saturated carbocycles. The summed E-state index contributed by atoms with van der Waals surface area (Å²) in [4.78, 5) is 35.2. The first-order valence-corrected chi connectivity index (χ1v) is 5.16. The molecule has 1 atom stereocenters. The molecule has 0 aromatic heterocycles. The zero-order chi connectivity index (χ0) is 12.7. The molecule has 6 nitrogen and oxygen atoms in total. The summed E-state index contributed by atoms with van der Waals surface area (Å²) in [5.41, 5.74) is 0. The van der Waals surface area contributed by atoms with Crippen LogP contribution in [-0.4, -0.2) is 48.9 Å². The summed E-state index contributed by atoms with van der Waals surface area (Å²) in [6, 6.07) is -0.734. The fourth-order valence-electron chi connectivity index (χ4n) is 1.00. The molecular weight excluding hydrogens is 212 g/mol. The predicted octanol–water partition coefficient (Wildman–Crippen LogP) is -0.467. The molecule has 0 aliphatic carbocycles. The molecule has 0 aliphatic heterocycles. The third-order valence-corrected chi connectivity index (χ3v) is 2.03. The van der Waals surface area contributed by atoms with Crippen LogP contribution in [0.1, 0.15) is 20.8 Å². The van der Waals surface area contributed by atoms with Crippen LogP contribution in [0.4, 0.5) is 0 Å². The standard InChI is InChI=1S/C10H18N2O4/c1-5-12(4)9(14)7(3)11-8(13)10(15)16-6-2/h7H,5-6H2,1-4H3,(H,11,13). The van der Waals surface area contributed by atoms with Crippen molar-refractivity contribution in [2.24, 2.45) is 0 Å². The summed E-state index contributed by atoms with van der Waals surface area (Å²) in [5.74, 6) is -2.12. The monoisotopic (exact) mass is 230 g/mol. The summed E-state index contributed by atoms with van der Waals surface area (Å²) < 4.78 is 4.50. The summed E-state index contributed by atoms with van der Waals surface area (Å²) in [7, 11) is 1.62. The van der Waals surface area contributed by atoms with Gasteiger partial charge in [0.1, 0.15) is 6.04 Å². The molecule has 0 aromatic rings. The highest BCUT2D eigenvalue weighted by molar-refractivity contribution is 6.32. The quantitative estimate of drug-likeness (QED) is 0.523. The van der Waals surface area contributed by atoms with E-state index in [4.69, 9.17) is 0 Å². The third-order valence-electron chi connectivity index (χ3n) is 2.03. The lowest BCUT2D eigenvalue weighted by Gasteiger charge is -2.20. The topological polar surface area (TPSA) is 75.7 Å². The summed E-state index contributed by atoms with van der Waals surface area (Å²) in [6.45, 7) is 5.61. The van der Waals surface area contributed by atoms with Crippen molar-refractivity contribution >= 4 is 17.8 Å². The van der Waals surface area contributed by atoms with Gasteiger partial charge in [-0.25, -0.2) is 4.79 Å². The minimum Gasteiger partial charge on any atom is -0.459 e. The summed E-state index contributed by atoms with van der Waals surface area (Å²) in [6.07, 6.45) is 0. The molecule has 6 heteroatoms. The van der Waals surface area contributed by atoms with E-state index < -0.39 is 17.9 Å². The van der Waals surface area contributed by atoms with Gasteiger partial charge in [-0.15, -0.1) is 0 Å². The number of rotatable bonds is 4. The van der Waals surface area contributed by atoms with Gasteiger partial charge in [-0.3, -0.25) is 9.59 Å². The Morgan fingerprint density at radius 3 is 2.31 bits per heavy atom. The van der Waals surface area contributed by atoms with Crippen molar-refractivity contribution in [1.82, 2.24) is 10.2 Å². The molecule has 92 valence electrons. The molecule has 0 rings (SSSR count). The summed E-state index contributed by atoms with van der Waals surface area (Å²) >= 11 is 0. The molecule has 16 heavy (non-hydrogen) atoms. The first-order valence-electron chi connectivity index (χ1n) is 5.16. The molecule has 0 bridgehead atoms. The molecule has 0 spiro atoms. The van der Waals surface area contributed by atoms with E-state index in [0.29, 0.717) is 6.54 Å². The number of nitrogens with zero attached hydrogens (tertiary/aromatic N) is 1. The van der Waals surface area contributed by atoms with Gasteiger partial charge in [-0.05, 0) is 20.8 Å². The molecule has 0 radical (unpaired) electrons. The van der Waals surface area contributed by atoms with E-state index in [0.717, 1.165) is 0 Å². The van der Waals surface area contributed by atoms with Crippen LogP contribution in [0.2, 0.25) is 0 Å². The Bertz CT molecular complexity index is 278. The normalized spacial score (nSPS) is 11.5. The zero-order valence-electron chi connectivity index (χ0n) is 10.1. The Morgan fingerprint density at radius 1 is 1.31 bits per heavy atom. The van der Waals surface area contributed by atoms with Crippen LogP contribution in [0, 0.1) is 0 Å². The molecule has 0 aromatic carbocycles. The summed E-state index contributed by atoms with van der Waals surface area (Å²) in [5, 5.41) is 2.27. The first-order chi connectivity index (χ1) is 7.43. The Labute approximate surface area is 94.9 Å². The lowest BCUT2D eigenvalue weighted by molar-refractivity contribution is -0.155. The van der Waals surface area contributed by atoms with Crippen molar-refractivity contribution in [2.45, 2.75) is 26.8 Å². The number of amides is 2. The minimum atomic E-state index is -0.971. The Balaban J connectivity index is 4.24. The largest absolute Gasteiger partial charge is 0.459 e. The van der Waals surface area contributed by atoms with Crippen molar-refractivity contribution in [2.75, 3.05) is 20.2 Å². The average Bonchev–Trinajstić information content (AvgIpc) is 2.26. The van der Waals surface area contributed by atoms with Crippen molar-refractivity contribution in [3.8, 4) is 0 Å². The zero-order valence-corrected chi connectivity index (χ0v) is 10.1. The third kappa shape index (κ3) is 4.29. The van der Waals surface area contributed by atoms with Crippen LogP contribution < -0.4 is 5.32 Å². The molecular formula is C10H18N2O4. The van der Waals surface area contributed by atoms with Gasteiger partial charge in [0, 0.05) is 13.6 Å². The highest BCUT2D eigenvalue weighted by Crippen LogP contribution is 1.92. The second-order valence-electron chi connectivity index (χ2n) is 3.27. The van der Waals surface area contributed by atoms with E-state index in [-0.39, 0.29) is 12.5 Å². The van der Waals surface area contributed by atoms with E-state index >= 15 is 0 Å². The van der Waals surface area contributed by atoms with E-state index in [9.17, 15) is 14.4 Å². The Morgan fingerprint density at radius 2 is 1.88 bits per heavy atom. The molecule has 2 amide bonds. The lowest BCUT2D eigenvalue weighted by atomic mass is 10.3. The van der Waals surface area contributed by atoms with E-state index in [1.165, 1.54) is 11.8 Å². The fraction of sp³-hybridized carbons (Fsp3) is 0.700. The molecule has 1 N–H and O–H groups in total.